The Bertz CT molecular complexity index is 1440. The Kier molecular flexibility index (Phi) is 5.82. The highest BCUT2D eigenvalue weighted by atomic mass is 19.2. The Hall–Kier alpha value is -4.40. The Morgan fingerprint density at radius 3 is 2.59 bits per heavy atom. The first-order chi connectivity index (χ1) is 16.6. The topological polar surface area (TPSA) is 77.8 Å². The molecule has 170 valence electrons. The number of nitrogens with one attached hydrogen (secondary N) is 1. The van der Waals surface area contributed by atoms with E-state index in [9.17, 15) is 8.78 Å². The lowest BCUT2D eigenvalue weighted by Gasteiger charge is -2.15. The number of rotatable bonds is 7. The zero-order valence-electron chi connectivity index (χ0n) is 18.2. The summed E-state index contributed by atoms with van der Waals surface area (Å²) in [5.41, 5.74) is 2.50. The van der Waals surface area contributed by atoms with Gasteiger partial charge in [0.15, 0.2) is 17.5 Å². The SMILES string of the molecule is CNc1nc(-c2cccnc2)nc2c(OCCn3cccn3)cc(-c3ccc(F)c(F)c3)cc12. The fourth-order valence-corrected chi connectivity index (χ4v) is 3.65. The van der Waals surface area contributed by atoms with Crippen LogP contribution in [0.4, 0.5) is 14.6 Å². The normalized spacial score (nSPS) is 11.0. The van der Waals surface area contributed by atoms with E-state index >= 15 is 0 Å². The monoisotopic (exact) mass is 458 g/mol. The lowest BCUT2D eigenvalue weighted by molar-refractivity contribution is 0.294. The largest absolute Gasteiger partial charge is 0.489 e. The molecule has 9 heteroatoms. The summed E-state index contributed by atoms with van der Waals surface area (Å²) in [5, 5.41) is 7.99. The van der Waals surface area contributed by atoms with Crippen molar-refractivity contribution in [2.24, 2.45) is 0 Å². The van der Waals surface area contributed by atoms with Crippen molar-refractivity contribution in [2.45, 2.75) is 6.54 Å². The summed E-state index contributed by atoms with van der Waals surface area (Å²) in [7, 11) is 1.76. The van der Waals surface area contributed by atoms with E-state index < -0.39 is 11.6 Å². The van der Waals surface area contributed by atoms with E-state index in [-0.39, 0.29) is 0 Å². The molecule has 3 aromatic heterocycles. The van der Waals surface area contributed by atoms with Crippen LogP contribution in [0.3, 0.4) is 0 Å². The van der Waals surface area contributed by atoms with Gasteiger partial charge in [0.2, 0.25) is 0 Å². The molecule has 0 aliphatic carbocycles. The number of ether oxygens (including phenoxy) is 1. The molecule has 34 heavy (non-hydrogen) atoms. The van der Waals surface area contributed by atoms with Crippen LogP contribution in [0.25, 0.3) is 33.4 Å². The number of benzene rings is 2. The van der Waals surface area contributed by atoms with Crippen molar-refractivity contribution in [3.8, 4) is 28.3 Å². The van der Waals surface area contributed by atoms with Crippen molar-refractivity contribution in [3.63, 3.8) is 0 Å². The van der Waals surface area contributed by atoms with Crippen molar-refractivity contribution >= 4 is 16.7 Å². The summed E-state index contributed by atoms with van der Waals surface area (Å²) in [5.74, 6) is -0.266. The maximum absolute atomic E-state index is 14.0. The van der Waals surface area contributed by atoms with Crippen molar-refractivity contribution in [1.29, 1.82) is 0 Å². The molecular formula is C25H20F2N6O. The molecule has 0 bridgehead atoms. The van der Waals surface area contributed by atoms with Crippen LogP contribution in [-0.2, 0) is 6.54 Å². The van der Waals surface area contributed by atoms with Crippen molar-refractivity contribution < 1.29 is 13.5 Å². The first-order valence-electron chi connectivity index (χ1n) is 10.6. The van der Waals surface area contributed by atoms with Crippen molar-refractivity contribution in [1.82, 2.24) is 24.7 Å². The van der Waals surface area contributed by atoms with Crippen LogP contribution < -0.4 is 10.1 Å². The number of hydrogen-bond donors (Lipinski definition) is 1. The molecule has 1 N–H and O–H groups in total. The average Bonchev–Trinajstić information content (AvgIpc) is 3.39. The van der Waals surface area contributed by atoms with Crippen LogP contribution in [0.15, 0.2) is 73.3 Å². The minimum atomic E-state index is -0.921. The summed E-state index contributed by atoms with van der Waals surface area (Å²) in [6, 6.07) is 12.9. The third-order valence-electron chi connectivity index (χ3n) is 5.31. The van der Waals surface area contributed by atoms with E-state index in [1.165, 1.54) is 6.07 Å². The standard InChI is InChI=1S/C25H20F2N6O/c1-28-25-19-12-18(16-5-6-20(26)21(27)13-16)14-22(34-11-10-33-9-3-8-30-33)23(19)31-24(32-25)17-4-2-7-29-15-17/h2-9,12-15H,10-11H2,1H3,(H,28,31,32). The molecule has 0 unspecified atom stereocenters. The van der Waals surface area contributed by atoms with Crippen LogP contribution in [0.5, 0.6) is 5.75 Å². The van der Waals surface area contributed by atoms with Crippen LogP contribution in [0.2, 0.25) is 0 Å². The highest BCUT2D eigenvalue weighted by molar-refractivity contribution is 5.97. The minimum absolute atomic E-state index is 0.332. The lowest BCUT2D eigenvalue weighted by atomic mass is 10.0. The third kappa shape index (κ3) is 4.27. The van der Waals surface area contributed by atoms with Gasteiger partial charge in [-0.05, 0) is 53.6 Å². The van der Waals surface area contributed by atoms with Gasteiger partial charge in [-0.3, -0.25) is 9.67 Å². The highest BCUT2D eigenvalue weighted by Crippen LogP contribution is 2.36. The second kappa shape index (κ2) is 9.22. The van der Waals surface area contributed by atoms with Gasteiger partial charge in [-0.2, -0.15) is 5.10 Å². The number of hydrogen-bond acceptors (Lipinski definition) is 6. The maximum Gasteiger partial charge on any atom is 0.163 e. The van der Waals surface area contributed by atoms with E-state index in [2.05, 4.69) is 20.4 Å². The van der Waals surface area contributed by atoms with Gasteiger partial charge in [0.25, 0.3) is 0 Å². The van der Waals surface area contributed by atoms with Crippen LogP contribution in [0.1, 0.15) is 0 Å². The molecule has 0 atom stereocenters. The zero-order chi connectivity index (χ0) is 23.5. The quantitative estimate of drug-likeness (QED) is 0.372. The van der Waals surface area contributed by atoms with E-state index in [0.29, 0.717) is 52.6 Å². The van der Waals surface area contributed by atoms with Crippen LogP contribution >= 0.6 is 0 Å². The number of aromatic nitrogens is 5. The Morgan fingerprint density at radius 2 is 1.85 bits per heavy atom. The molecule has 3 heterocycles. The van der Waals surface area contributed by atoms with Crippen LogP contribution in [0, 0.1) is 11.6 Å². The molecule has 0 saturated heterocycles. The van der Waals surface area contributed by atoms with E-state index in [1.807, 2.05) is 30.5 Å². The van der Waals surface area contributed by atoms with Gasteiger partial charge >= 0.3 is 0 Å². The highest BCUT2D eigenvalue weighted by Gasteiger charge is 2.16. The summed E-state index contributed by atoms with van der Waals surface area (Å²) in [4.78, 5) is 13.6. The van der Waals surface area contributed by atoms with E-state index in [4.69, 9.17) is 9.72 Å². The predicted molar refractivity (Wildman–Crippen MR) is 125 cm³/mol. The van der Waals surface area contributed by atoms with Crippen molar-refractivity contribution in [2.75, 3.05) is 19.0 Å². The van der Waals surface area contributed by atoms with Gasteiger partial charge < -0.3 is 10.1 Å². The summed E-state index contributed by atoms with van der Waals surface area (Å²) >= 11 is 0. The number of fused-ring (bicyclic) bond motifs is 1. The molecule has 2 aromatic carbocycles. The Balaban J connectivity index is 1.65. The summed E-state index contributed by atoms with van der Waals surface area (Å²) in [6.07, 6.45) is 6.92. The molecule has 0 aliphatic rings. The zero-order valence-corrected chi connectivity index (χ0v) is 18.2. The maximum atomic E-state index is 14.0. The smallest absolute Gasteiger partial charge is 0.163 e. The molecule has 0 fully saturated rings. The first-order valence-corrected chi connectivity index (χ1v) is 10.6. The second-order valence-corrected chi connectivity index (χ2v) is 7.50. The Morgan fingerprint density at radius 1 is 0.941 bits per heavy atom. The van der Waals surface area contributed by atoms with Gasteiger partial charge in [0, 0.05) is 42.8 Å². The van der Waals surface area contributed by atoms with E-state index in [0.717, 1.165) is 17.7 Å². The first kappa shape index (κ1) is 21.4. The summed E-state index contributed by atoms with van der Waals surface area (Å²) < 4.78 is 35.4. The van der Waals surface area contributed by atoms with E-state index in [1.54, 1.807) is 36.4 Å². The molecule has 0 saturated carbocycles. The van der Waals surface area contributed by atoms with Gasteiger partial charge in [-0.1, -0.05) is 6.07 Å². The van der Waals surface area contributed by atoms with Gasteiger partial charge in [0.05, 0.1) is 6.54 Å². The molecule has 0 radical (unpaired) electrons. The van der Waals surface area contributed by atoms with Gasteiger partial charge in [-0.15, -0.1) is 0 Å². The molecule has 5 rings (SSSR count). The second-order valence-electron chi connectivity index (χ2n) is 7.50. The predicted octanol–water partition coefficient (Wildman–Crippen LogP) is 4.95. The average molecular weight is 458 g/mol. The number of anilines is 1. The summed E-state index contributed by atoms with van der Waals surface area (Å²) in [6.45, 7) is 0.864. The lowest BCUT2D eigenvalue weighted by Crippen LogP contribution is -2.09. The number of nitrogens with zero attached hydrogens (tertiary/aromatic N) is 5. The fraction of sp³-hybridized carbons (Fsp3) is 0.120. The third-order valence-corrected chi connectivity index (χ3v) is 5.31. The van der Waals surface area contributed by atoms with Gasteiger partial charge in [-0.25, -0.2) is 18.7 Å². The number of pyridine rings is 1. The minimum Gasteiger partial charge on any atom is -0.489 e. The molecule has 0 aliphatic heterocycles. The van der Waals surface area contributed by atoms with Gasteiger partial charge in [0.1, 0.15) is 23.7 Å². The fourth-order valence-electron chi connectivity index (χ4n) is 3.65. The molecular weight excluding hydrogens is 438 g/mol. The van der Waals surface area contributed by atoms with Crippen LogP contribution in [-0.4, -0.2) is 38.4 Å². The molecule has 0 amide bonds. The molecule has 5 aromatic rings. The Labute approximate surface area is 194 Å². The molecule has 7 nitrogen and oxygen atoms in total. The number of halogens is 2. The molecule has 0 spiro atoms. The van der Waals surface area contributed by atoms with Crippen molar-refractivity contribution in [3.05, 3.63) is 85.0 Å².